The number of aromatic nitrogens is 4. The number of aryl methyl sites for hydroxylation is 1. The molecular formula is C25H27N7O3. The van der Waals surface area contributed by atoms with Gasteiger partial charge in [-0.3, -0.25) is 14.6 Å². The maximum Gasteiger partial charge on any atom is 0.276 e. The number of pyridine rings is 1. The van der Waals surface area contributed by atoms with Gasteiger partial charge in [0.05, 0.1) is 54.3 Å². The minimum absolute atomic E-state index is 0.207. The Labute approximate surface area is 203 Å². The van der Waals surface area contributed by atoms with Crippen LogP contribution in [0.4, 0.5) is 5.69 Å². The van der Waals surface area contributed by atoms with Crippen LogP contribution in [0.3, 0.4) is 0 Å². The van der Waals surface area contributed by atoms with Crippen molar-refractivity contribution in [1.82, 2.24) is 24.9 Å². The van der Waals surface area contributed by atoms with Crippen LogP contribution in [-0.2, 0) is 10.2 Å². The van der Waals surface area contributed by atoms with Crippen molar-refractivity contribution in [1.29, 1.82) is 5.26 Å². The average Bonchev–Trinajstić information content (AvgIpc) is 3.34. The first-order valence-electron chi connectivity index (χ1n) is 11.3. The number of benzene rings is 1. The lowest BCUT2D eigenvalue weighted by Crippen LogP contribution is -2.40. The van der Waals surface area contributed by atoms with E-state index in [2.05, 4.69) is 26.7 Å². The smallest absolute Gasteiger partial charge is 0.276 e. The van der Waals surface area contributed by atoms with Crippen LogP contribution in [0, 0.1) is 18.3 Å². The second kappa shape index (κ2) is 9.64. The van der Waals surface area contributed by atoms with E-state index >= 15 is 0 Å². The fourth-order valence-corrected chi connectivity index (χ4v) is 3.69. The molecule has 0 saturated carbocycles. The molecule has 180 valence electrons. The summed E-state index contributed by atoms with van der Waals surface area (Å²) >= 11 is 0. The van der Waals surface area contributed by atoms with Crippen molar-refractivity contribution in [2.24, 2.45) is 0 Å². The summed E-state index contributed by atoms with van der Waals surface area (Å²) in [5.74, 6) is -0.562. The van der Waals surface area contributed by atoms with E-state index in [9.17, 15) is 14.9 Å². The molecule has 2 amide bonds. The molecule has 0 unspecified atom stereocenters. The molecule has 10 nitrogen and oxygen atoms in total. The van der Waals surface area contributed by atoms with E-state index in [1.165, 1.54) is 4.68 Å². The first-order valence-corrected chi connectivity index (χ1v) is 11.3. The predicted octanol–water partition coefficient (Wildman–Crippen LogP) is 2.86. The molecule has 4 rings (SSSR count). The fraction of sp³-hybridized carbons (Fsp3) is 0.360. The molecule has 1 fully saturated rings. The number of carbonyl (C=O) groups excluding carboxylic acids is 2. The molecule has 1 aliphatic heterocycles. The molecule has 0 aliphatic carbocycles. The Morgan fingerprint density at radius 1 is 1.14 bits per heavy atom. The van der Waals surface area contributed by atoms with E-state index in [4.69, 9.17) is 4.74 Å². The van der Waals surface area contributed by atoms with E-state index in [-0.39, 0.29) is 22.9 Å². The number of nitrogens with zero attached hydrogens (tertiary/aromatic N) is 6. The highest BCUT2D eigenvalue weighted by atomic mass is 16.5. The second-order valence-corrected chi connectivity index (χ2v) is 9.40. The van der Waals surface area contributed by atoms with Crippen LogP contribution in [0.15, 0.2) is 36.7 Å². The van der Waals surface area contributed by atoms with Gasteiger partial charge in [-0.2, -0.15) is 5.26 Å². The third-order valence-corrected chi connectivity index (χ3v) is 5.77. The average molecular weight is 474 g/mol. The highest BCUT2D eigenvalue weighted by Crippen LogP contribution is 2.25. The number of nitrogens with one attached hydrogen (secondary N) is 1. The lowest BCUT2D eigenvalue weighted by Gasteiger charge is -2.25. The fourth-order valence-electron chi connectivity index (χ4n) is 3.69. The first kappa shape index (κ1) is 24.0. The summed E-state index contributed by atoms with van der Waals surface area (Å²) in [5, 5.41) is 20.4. The molecule has 0 spiro atoms. The third-order valence-electron chi connectivity index (χ3n) is 5.77. The maximum absolute atomic E-state index is 13.0. The summed E-state index contributed by atoms with van der Waals surface area (Å²) in [5.41, 5.74) is 3.39. The van der Waals surface area contributed by atoms with E-state index < -0.39 is 0 Å². The molecule has 2 aromatic heterocycles. The number of anilines is 1. The van der Waals surface area contributed by atoms with Gasteiger partial charge in [-0.1, -0.05) is 26.0 Å². The summed E-state index contributed by atoms with van der Waals surface area (Å²) in [7, 11) is 0. The molecule has 0 radical (unpaired) electrons. The number of amides is 2. The van der Waals surface area contributed by atoms with Gasteiger partial charge in [-0.25, -0.2) is 4.68 Å². The number of carbonyl (C=O) groups is 2. The van der Waals surface area contributed by atoms with Crippen LogP contribution in [0.5, 0.6) is 0 Å². The zero-order valence-electron chi connectivity index (χ0n) is 20.2. The van der Waals surface area contributed by atoms with Crippen molar-refractivity contribution < 1.29 is 14.3 Å². The molecule has 1 aliphatic rings. The van der Waals surface area contributed by atoms with Crippen molar-refractivity contribution in [3.8, 4) is 11.8 Å². The number of morpholine rings is 1. The van der Waals surface area contributed by atoms with Gasteiger partial charge < -0.3 is 15.0 Å². The first-order chi connectivity index (χ1) is 16.7. The van der Waals surface area contributed by atoms with Gasteiger partial charge in [0.2, 0.25) is 0 Å². The number of ether oxygens (including phenoxy) is 1. The van der Waals surface area contributed by atoms with Crippen molar-refractivity contribution in [2.75, 3.05) is 31.6 Å². The Morgan fingerprint density at radius 3 is 2.57 bits per heavy atom. The Kier molecular flexibility index (Phi) is 6.62. The van der Waals surface area contributed by atoms with Crippen LogP contribution in [0.1, 0.15) is 58.4 Å². The molecule has 3 aromatic rings. The Bertz CT molecular complexity index is 1310. The molecule has 0 bridgehead atoms. The predicted molar refractivity (Wildman–Crippen MR) is 128 cm³/mol. The van der Waals surface area contributed by atoms with Crippen LogP contribution in [-0.4, -0.2) is 63.0 Å². The Morgan fingerprint density at radius 2 is 1.89 bits per heavy atom. The van der Waals surface area contributed by atoms with Gasteiger partial charge in [0.1, 0.15) is 0 Å². The van der Waals surface area contributed by atoms with Gasteiger partial charge in [0, 0.05) is 18.7 Å². The summed E-state index contributed by atoms with van der Waals surface area (Å²) in [4.78, 5) is 31.8. The molecule has 1 aromatic carbocycles. The molecule has 3 heterocycles. The molecule has 35 heavy (non-hydrogen) atoms. The standard InChI is InChI=1S/C25H27N7O3/c1-16-22(32-15-21(29-30-32)24(34)31-5-7-35-8-6-31)12-20(14-27-16)28-23(33)18-9-17(13-26)10-19(11-18)25(2,3)4/h9-12,14-15H,5-8H2,1-4H3,(H,28,33). The minimum Gasteiger partial charge on any atom is -0.378 e. The van der Waals surface area contributed by atoms with E-state index in [1.54, 1.807) is 48.5 Å². The molecule has 1 N–H and O–H groups in total. The zero-order valence-corrected chi connectivity index (χ0v) is 20.2. The van der Waals surface area contributed by atoms with Crippen LogP contribution in [0.2, 0.25) is 0 Å². The number of hydrogen-bond donors (Lipinski definition) is 1. The van der Waals surface area contributed by atoms with Gasteiger partial charge in [-0.05, 0) is 42.2 Å². The largest absolute Gasteiger partial charge is 0.378 e. The lowest BCUT2D eigenvalue weighted by atomic mass is 9.85. The molecule has 0 atom stereocenters. The van der Waals surface area contributed by atoms with Gasteiger partial charge in [-0.15, -0.1) is 5.10 Å². The normalized spacial score (nSPS) is 13.9. The van der Waals surface area contributed by atoms with Crippen molar-refractivity contribution in [3.05, 3.63) is 64.7 Å². The van der Waals surface area contributed by atoms with Crippen molar-refractivity contribution in [3.63, 3.8) is 0 Å². The second-order valence-electron chi connectivity index (χ2n) is 9.40. The van der Waals surface area contributed by atoms with Gasteiger partial charge in [0.25, 0.3) is 11.8 Å². The van der Waals surface area contributed by atoms with Crippen LogP contribution < -0.4 is 5.32 Å². The monoisotopic (exact) mass is 473 g/mol. The van der Waals surface area contributed by atoms with E-state index in [0.717, 1.165) is 5.56 Å². The Balaban J connectivity index is 1.57. The van der Waals surface area contributed by atoms with Crippen molar-refractivity contribution >= 4 is 17.5 Å². The van der Waals surface area contributed by atoms with E-state index in [0.29, 0.717) is 54.5 Å². The molecule has 1 saturated heterocycles. The summed E-state index contributed by atoms with van der Waals surface area (Å²) in [6, 6.07) is 8.99. The molecule has 10 heteroatoms. The SMILES string of the molecule is Cc1ncc(NC(=O)c2cc(C#N)cc(C(C)(C)C)c2)cc1-n1cc(C(=O)N2CCOCC2)nn1. The minimum atomic E-state index is -0.356. The quantitative estimate of drug-likeness (QED) is 0.617. The number of nitriles is 1. The van der Waals surface area contributed by atoms with E-state index in [1.807, 2.05) is 20.8 Å². The van der Waals surface area contributed by atoms with Gasteiger partial charge >= 0.3 is 0 Å². The maximum atomic E-state index is 13.0. The summed E-state index contributed by atoms with van der Waals surface area (Å²) < 4.78 is 6.77. The zero-order chi connectivity index (χ0) is 25.2. The Hall–Kier alpha value is -4.10. The summed E-state index contributed by atoms with van der Waals surface area (Å²) in [6.45, 7) is 9.90. The summed E-state index contributed by atoms with van der Waals surface area (Å²) in [6.07, 6.45) is 3.10. The number of hydrogen-bond acceptors (Lipinski definition) is 7. The molecular weight excluding hydrogens is 446 g/mol. The third kappa shape index (κ3) is 5.36. The lowest BCUT2D eigenvalue weighted by molar-refractivity contribution is 0.0299. The highest BCUT2D eigenvalue weighted by Gasteiger charge is 2.22. The van der Waals surface area contributed by atoms with Crippen molar-refractivity contribution in [2.45, 2.75) is 33.1 Å². The van der Waals surface area contributed by atoms with Crippen LogP contribution in [0.25, 0.3) is 5.69 Å². The van der Waals surface area contributed by atoms with Crippen LogP contribution >= 0.6 is 0 Å². The topological polar surface area (TPSA) is 126 Å². The number of rotatable bonds is 4. The van der Waals surface area contributed by atoms with Gasteiger partial charge in [0.15, 0.2) is 5.69 Å². The highest BCUT2D eigenvalue weighted by molar-refractivity contribution is 6.04.